The van der Waals surface area contributed by atoms with Crippen molar-refractivity contribution < 1.29 is 9.90 Å². The highest BCUT2D eigenvalue weighted by Gasteiger charge is 2.36. The molecule has 3 rings (SSSR count). The van der Waals surface area contributed by atoms with Crippen molar-refractivity contribution in [3.8, 4) is 0 Å². The van der Waals surface area contributed by atoms with Crippen molar-refractivity contribution in [3.63, 3.8) is 0 Å². The van der Waals surface area contributed by atoms with Gasteiger partial charge in [0.1, 0.15) is 0 Å². The molecular weight excluding hydrogens is 348 g/mol. The van der Waals surface area contributed by atoms with Crippen LogP contribution in [0.5, 0.6) is 0 Å². The number of likely N-dealkylation sites (tertiary alicyclic amines) is 1. The minimum Gasteiger partial charge on any atom is -0.385 e. The van der Waals surface area contributed by atoms with Crippen LogP contribution < -0.4 is 5.32 Å². The van der Waals surface area contributed by atoms with Gasteiger partial charge in [0.2, 0.25) is 5.91 Å². The molecule has 5 heteroatoms. The molecule has 26 heavy (non-hydrogen) atoms. The summed E-state index contributed by atoms with van der Waals surface area (Å²) in [5.74, 6) is 0.0192. The predicted molar refractivity (Wildman–Crippen MR) is 104 cm³/mol. The summed E-state index contributed by atoms with van der Waals surface area (Å²) in [6, 6.07) is 17.1. The fourth-order valence-electron chi connectivity index (χ4n) is 3.43. The number of carbonyl (C=O) groups excluding carboxylic acids is 1. The van der Waals surface area contributed by atoms with E-state index in [0.717, 1.165) is 11.1 Å². The number of amides is 1. The number of aliphatic hydroxyl groups is 1. The Morgan fingerprint density at radius 2 is 1.77 bits per heavy atom. The van der Waals surface area contributed by atoms with Crippen molar-refractivity contribution in [2.45, 2.75) is 38.0 Å². The Morgan fingerprint density at radius 3 is 2.38 bits per heavy atom. The van der Waals surface area contributed by atoms with E-state index in [4.69, 9.17) is 11.6 Å². The quantitative estimate of drug-likeness (QED) is 0.846. The number of hydrogen-bond acceptors (Lipinski definition) is 3. The van der Waals surface area contributed by atoms with Crippen LogP contribution in [0.15, 0.2) is 54.6 Å². The number of benzene rings is 2. The second-order valence-electron chi connectivity index (χ2n) is 6.95. The van der Waals surface area contributed by atoms with Crippen LogP contribution >= 0.6 is 11.6 Å². The highest BCUT2D eigenvalue weighted by Crippen LogP contribution is 2.33. The molecule has 0 aliphatic carbocycles. The van der Waals surface area contributed by atoms with E-state index in [1.165, 1.54) is 0 Å². The molecule has 138 valence electrons. The summed E-state index contributed by atoms with van der Waals surface area (Å²) < 4.78 is 0. The van der Waals surface area contributed by atoms with Crippen LogP contribution in [0.4, 0.5) is 0 Å². The molecule has 1 fully saturated rings. The minimum atomic E-state index is -0.846. The van der Waals surface area contributed by atoms with Crippen molar-refractivity contribution in [1.82, 2.24) is 10.2 Å². The molecule has 1 aliphatic heterocycles. The van der Waals surface area contributed by atoms with Crippen LogP contribution in [0.3, 0.4) is 0 Å². The largest absolute Gasteiger partial charge is 0.385 e. The third-order valence-corrected chi connectivity index (χ3v) is 5.50. The maximum atomic E-state index is 12.5. The Labute approximate surface area is 159 Å². The molecule has 1 aliphatic rings. The van der Waals surface area contributed by atoms with E-state index in [2.05, 4.69) is 10.2 Å². The molecule has 1 amide bonds. The Morgan fingerprint density at radius 1 is 1.15 bits per heavy atom. The lowest BCUT2D eigenvalue weighted by atomic mass is 9.84. The summed E-state index contributed by atoms with van der Waals surface area (Å²) in [7, 11) is 0. The number of nitrogens with zero attached hydrogens (tertiary/aromatic N) is 1. The second-order valence-corrected chi connectivity index (χ2v) is 7.39. The molecule has 4 nitrogen and oxygen atoms in total. The van der Waals surface area contributed by atoms with E-state index < -0.39 is 5.60 Å². The van der Waals surface area contributed by atoms with Crippen LogP contribution in [-0.2, 0) is 16.9 Å². The molecule has 0 radical (unpaired) electrons. The van der Waals surface area contributed by atoms with Crippen LogP contribution in [0.1, 0.15) is 30.9 Å². The molecule has 2 aromatic carbocycles. The molecule has 1 heterocycles. The summed E-state index contributed by atoms with van der Waals surface area (Å²) >= 11 is 5.94. The van der Waals surface area contributed by atoms with Gasteiger partial charge in [0.25, 0.3) is 0 Å². The third kappa shape index (κ3) is 4.44. The maximum Gasteiger partial charge on any atom is 0.237 e. The summed E-state index contributed by atoms with van der Waals surface area (Å²) in [4.78, 5) is 14.6. The summed E-state index contributed by atoms with van der Waals surface area (Å²) in [5, 5.41) is 14.6. The number of rotatable bonds is 5. The van der Waals surface area contributed by atoms with Crippen LogP contribution in [0.2, 0.25) is 5.02 Å². The molecule has 2 aromatic rings. The van der Waals surface area contributed by atoms with E-state index in [0.29, 0.717) is 37.5 Å². The second kappa shape index (κ2) is 8.21. The molecule has 2 N–H and O–H groups in total. The number of nitrogens with one attached hydrogen (secondary N) is 1. The predicted octanol–water partition coefficient (Wildman–Crippen LogP) is 3.33. The summed E-state index contributed by atoms with van der Waals surface area (Å²) in [6.07, 6.45) is 1.20. The first kappa shape index (κ1) is 18.9. The maximum absolute atomic E-state index is 12.5. The van der Waals surface area contributed by atoms with Gasteiger partial charge in [-0.2, -0.15) is 0 Å². The van der Waals surface area contributed by atoms with Crippen molar-refractivity contribution in [3.05, 3.63) is 70.7 Å². The van der Waals surface area contributed by atoms with Gasteiger partial charge in [0.15, 0.2) is 0 Å². The minimum absolute atomic E-state index is 0.0192. The van der Waals surface area contributed by atoms with E-state index in [-0.39, 0.29) is 11.9 Å². The Hall–Kier alpha value is -1.88. The van der Waals surface area contributed by atoms with Gasteiger partial charge in [-0.1, -0.05) is 54.1 Å². The summed E-state index contributed by atoms with van der Waals surface area (Å²) in [5.41, 5.74) is 1.13. The standard InChI is InChI=1S/C21H25ClN2O2/c1-16(20(25)23-15-17-5-3-2-4-6-17)24-13-11-21(26,12-14-24)18-7-9-19(22)10-8-18/h2-10,16,26H,11-15H2,1H3,(H,23,25). The highest BCUT2D eigenvalue weighted by molar-refractivity contribution is 6.30. The fourth-order valence-corrected chi connectivity index (χ4v) is 3.55. The first-order chi connectivity index (χ1) is 12.5. The lowest BCUT2D eigenvalue weighted by Gasteiger charge is -2.40. The van der Waals surface area contributed by atoms with Crippen LogP contribution in [0, 0.1) is 0 Å². The first-order valence-electron chi connectivity index (χ1n) is 9.02. The Bertz CT molecular complexity index is 725. The normalized spacial score (nSPS) is 18.3. The van der Waals surface area contributed by atoms with Gasteiger partial charge in [0, 0.05) is 24.7 Å². The molecule has 1 unspecified atom stereocenters. The van der Waals surface area contributed by atoms with Crippen LogP contribution in [-0.4, -0.2) is 35.0 Å². The van der Waals surface area contributed by atoms with Gasteiger partial charge in [-0.05, 0) is 43.0 Å². The van der Waals surface area contributed by atoms with Gasteiger partial charge in [-0.15, -0.1) is 0 Å². The molecule has 0 aromatic heterocycles. The number of carbonyl (C=O) groups is 1. The van der Waals surface area contributed by atoms with E-state index in [9.17, 15) is 9.90 Å². The lowest BCUT2D eigenvalue weighted by molar-refractivity contribution is -0.128. The third-order valence-electron chi connectivity index (χ3n) is 5.24. The summed E-state index contributed by atoms with van der Waals surface area (Å²) in [6.45, 7) is 3.82. The smallest absolute Gasteiger partial charge is 0.237 e. The van der Waals surface area contributed by atoms with E-state index in [1.807, 2.05) is 49.4 Å². The van der Waals surface area contributed by atoms with E-state index in [1.54, 1.807) is 12.1 Å². The van der Waals surface area contributed by atoms with Crippen molar-refractivity contribution in [2.24, 2.45) is 0 Å². The van der Waals surface area contributed by atoms with Crippen molar-refractivity contribution >= 4 is 17.5 Å². The fraction of sp³-hybridized carbons (Fsp3) is 0.381. The van der Waals surface area contributed by atoms with Crippen molar-refractivity contribution in [2.75, 3.05) is 13.1 Å². The van der Waals surface area contributed by atoms with E-state index >= 15 is 0 Å². The zero-order valence-electron chi connectivity index (χ0n) is 15.0. The van der Waals surface area contributed by atoms with Gasteiger partial charge in [-0.25, -0.2) is 0 Å². The number of piperidine rings is 1. The highest BCUT2D eigenvalue weighted by atomic mass is 35.5. The number of hydrogen-bond donors (Lipinski definition) is 2. The van der Waals surface area contributed by atoms with Gasteiger partial charge >= 0.3 is 0 Å². The molecule has 1 saturated heterocycles. The van der Waals surface area contributed by atoms with Gasteiger partial charge in [-0.3, -0.25) is 9.69 Å². The average Bonchev–Trinajstić information content (AvgIpc) is 2.67. The molecule has 0 saturated carbocycles. The Kier molecular flexibility index (Phi) is 5.97. The number of halogens is 1. The zero-order chi connectivity index (χ0) is 18.6. The van der Waals surface area contributed by atoms with Crippen molar-refractivity contribution in [1.29, 1.82) is 0 Å². The monoisotopic (exact) mass is 372 g/mol. The zero-order valence-corrected chi connectivity index (χ0v) is 15.7. The molecule has 1 atom stereocenters. The molecular formula is C21H25ClN2O2. The first-order valence-corrected chi connectivity index (χ1v) is 9.40. The Balaban J connectivity index is 1.53. The average molecular weight is 373 g/mol. The lowest BCUT2D eigenvalue weighted by Crippen LogP contribution is -2.51. The molecule has 0 spiro atoms. The van der Waals surface area contributed by atoms with Gasteiger partial charge < -0.3 is 10.4 Å². The topological polar surface area (TPSA) is 52.6 Å². The van der Waals surface area contributed by atoms with Crippen LogP contribution in [0.25, 0.3) is 0 Å². The SMILES string of the molecule is CC(C(=O)NCc1ccccc1)N1CCC(O)(c2ccc(Cl)cc2)CC1. The molecule has 0 bridgehead atoms. The van der Waals surface area contributed by atoms with Gasteiger partial charge in [0.05, 0.1) is 11.6 Å².